The van der Waals surface area contributed by atoms with Gasteiger partial charge in [0.25, 0.3) is 15.9 Å². The van der Waals surface area contributed by atoms with Gasteiger partial charge in [-0.15, -0.1) is 0 Å². The molecule has 0 saturated carbocycles. The third-order valence-corrected chi connectivity index (χ3v) is 7.99. The van der Waals surface area contributed by atoms with E-state index in [0.717, 1.165) is 16.8 Å². The number of piperazine rings is 1. The molecular weight excluding hydrogens is 498 g/mol. The summed E-state index contributed by atoms with van der Waals surface area (Å²) in [7, 11) is -3.76. The minimum atomic E-state index is -3.76. The predicted molar refractivity (Wildman–Crippen MR) is 144 cm³/mol. The van der Waals surface area contributed by atoms with Crippen molar-refractivity contribution >= 4 is 38.9 Å². The standard InChI is InChI=1S/C27H30ClN3O4S/c1-19-7-8-23(15-20(19)2)29-36(33,34)25-9-10-26(21(3)16-25)35-18-27(32)31-13-11-30(12-14-31)24-6-4-5-22(28)17-24/h4-10,15-17,29H,11-14,18H2,1-3H3. The van der Waals surface area contributed by atoms with E-state index in [4.69, 9.17) is 16.3 Å². The Morgan fingerprint density at radius 3 is 2.33 bits per heavy atom. The molecule has 7 nitrogen and oxygen atoms in total. The molecule has 1 N–H and O–H groups in total. The van der Waals surface area contributed by atoms with Gasteiger partial charge in [-0.2, -0.15) is 0 Å². The third kappa shape index (κ3) is 6.12. The van der Waals surface area contributed by atoms with E-state index in [1.165, 1.54) is 6.07 Å². The summed E-state index contributed by atoms with van der Waals surface area (Å²) in [5.74, 6) is 0.374. The summed E-state index contributed by atoms with van der Waals surface area (Å²) in [6.45, 7) is 8.18. The first kappa shape index (κ1) is 25.9. The van der Waals surface area contributed by atoms with Gasteiger partial charge in [-0.3, -0.25) is 9.52 Å². The monoisotopic (exact) mass is 527 g/mol. The number of carbonyl (C=O) groups excluding carboxylic acids is 1. The van der Waals surface area contributed by atoms with Crippen LogP contribution in [0.3, 0.4) is 0 Å². The fourth-order valence-corrected chi connectivity index (χ4v) is 5.41. The van der Waals surface area contributed by atoms with Crippen molar-refractivity contribution in [2.75, 3.05) is 42.4 Å². The first-order chi connectivity index (χ1) is 17.1. The second-order valence-electron chi connectivity index (χ2n) is 8.97. The van der Waals surface area contributed by atoms with Crippen LogP contribution in [0.25, 0.3) is 0 Å². The Morgan fingerprint density at radius 1 is 0.917 bits per heavy atom. The van der Waals surface area contributed by atoms with Gasteiger partial charge in [-0.05, 0) is 86.0 Å². The molecular formula is C27H30ClN3O4S. The number of hydrogen-bond acceptors (Lipinski definition) is 5. The number of hydrogen-bond donors (Lipinski definition) is 1. The molecule has 190 valence electrons. The van der Waals surface area contributed by atoms with E-state index in [9.17, 15) is 13.2 Å². The van der Waals surface area contributed by atoms with Crippen LogP contribution in [-0.4, -0.2) is 52.0 Å². The van der Waals surface area contributed by atoms with Crippen LogP contribution in [0.5, 0.6) is 5.75 Å². The fraction of sp³-hybridized carbons (Fsp3) is 0.296. The molecule has 1 amide bonds. The highest BCUT2D eigenvalue weighted by Crippen LogP contribution is 2.25. The first-order valence-electron chi connectivity index (χ1n) is 11.7. The van der Waals surface area contributed by atoms with E-state index in [2.05, 4.69) is 9.62 Å². The van der Waals surface area contributed by atoms with Crippen LogP contribution in [0, 0.1) is 20.8 Å². The Bertz CT molecular complexity index is 1370. The van der Waals surface area contributed by atoms with Gasteiger partial charge in [0, 0.05) is 42.6 Å². The maximum atomic E-state index is 12.9. The van der Waals surface area contributed by atoms with Crippen molar-refractivity contribution in [2.24, 2.45) is 0 Å². The van der Waals surface area contributed by atoms with E-state index in [1.807, 2.05) is 44.2 Å². The summed E-state index contributed by atoms with van der Waals surface area (Å²) in [6, 6.07) is 17.7. The molecule has 9 heteroatoms. The summed E-state index contributed by atoms with van der Waals surface area (Å²) >= 11 is 6.09. The van der Waals surface area contributed by atoms with Gasteiger partial charge < -0.3 is 14.5 Å². The second kappa shape index (κ2) is 10.8. The molecule has 0 spiro atoms. The second-order valence-corrected chi connectivity index (χ2v) is 11.1. The molecule has 0 aromatic heterocycles. The SMILES string of the molecule is Cc1ccc(NS(=O)(=O)c2ccc(OCC(=O)N3CCN(c4cccc(Cl)c4)CC3)c(C)c2)cc1C. The molecule has 36 heavy (non-hydrogen) atoms. The van der Waals surface area contributed by atoms with Crippen LogP contribution in [0.4, 0.5) is 11.4 Å². The lowest BCUT2D eigenvalue weighted by Crippen LogP contribution is -2.50. The van der Waals surface area contributed by atoms with Crippen LogP contribution in [0.1, 0.15) is 16.7 Å². The van der Waals surface area contributed by atoms with Gasteiger partial charge in [-0.25, -0.2) is 8.42 Å². The Balaban J connectivity index is 1.33. The van der Waals surface area contributed by atoms with Gasteiger partial charge >= 0.3 is 0 Å². The smallest absolute Gasteiger partial charge is 0.261 e. The molecule has 1 heterocycles. The number of carbonyl (C=O) groups is 1. The summed E-state index contributed by atoms with van der Waals surface area (Å²) in [4.78, 5) is 16.8. The Labute approximate surface area is 217 Å². The maximum absolute atomic E-state index is 12.9. The zero-order valence-corrected chi connectivity index (χ0v) is 22.2. The average molecular weight is 528 g/mol. The lowest BCUT2D eigenvalue weighted by atomic mass is 10.1. The minimum Gasteiger partial charge on any atom is -0.483 e. The number of halogens is 1. The number of aryl methyl sites for hydroxylation is 3. The highest BCUT2D eigenvalue weighted by Gasteiger charge is 2.22. The summed E-state index contributed by atoms with van der Waals surface area (Å²) in [6.07, 6.45) is 0. The van der Waals surface area contributed by atoms with Crippen molar-refractivity contribution in [3.05, 3.63) is 82.4 Å². The predicted octanol–water partition coefficient (Wildman–Crippen LogP) is 4.79. The van der Waals surface area contributed by atoms with E-state index >= 15 is 0 Å². The molecule has 3 aromatic rings. The summed E-state index contributed by atoms with van der Waals surface area (Å²) in [5.41, 5.74) is 4.29. The zero-order chi connectivity index (χ0) is 25.9. The van der Waals surface area contributed by atoms with E-state index < -0.39 is 10.0 Å². The van der Waals surface area contributed by atoms with Crippen molar-refractivity contribution in [1.29, 1.82) is 0 Å². The van der Waals surface area contributed by atoms with Crippen molar-refractivity contribution in [2.45, 2.75) is 25.7 Å². The summed E-state index contributed by atoms with van der Waals surface area (Å²) < 4.78 is 34.1. The number of nitrogens with one attached hydrogen (secondary N) is 1. The number of benzene rings is 3. The van der Waals surface area contributed by atoms with Crippen molar-refractivity contribution < 1.29 is 17.9 Å². The highest BCUT2D eigenvalue weighted by molar-refractivity contribution is 7.92. The quantitative estimate of drug-likeness (QED) is 0.478. The first-order valence-corrected chi connectivity index (χ1v) is 13.6. The lowest BCUT2D eigenvalue weighted by Gasteiger charge is -2.36. The lowest BCUT2D eigenvalue weighted by molar-refractivity contribution is -0.133. The highest BCUT2D eigenvalue weighted by atomic mass is 35.5. The van der Waals surface area contributed by atoms with Crippen molar-refractivity contribution in [3.8, 4) is 5.75 Å². The fourth-order valence-electron chi connectivity index (χ4n) is 4.09. The molecule has 1 aliphatic heterocycles. The molecule has 3 aromatic carbocycles. The number of sulfonamides is 1. The third-order valence-electron chi connectivity index (χ3n) is 6.37. The number of amides is 1. The van der Waals surface area contributed by atoms with Crippen LogP contribution < -0.4 is 14.4 Å². The topological polar surface area (TPSA) is 78.9 Å². The van der Waals surface area contributed by atoms with Gasteiger partial charge in [0.2, 0.25) is 0 Å². The Kier molecular flexibility index (Phi) is 7.76. The van der Waals surface area contributed by atoms with Crippen LogP contribution >= 0.6 is 11.6 Å². The average Bonchev–Trinajstić information content (AvgIpc) is 2.85. The largest absolute Gasteiger partial charge is 0.483 e. The van der Waals surface area contributed by atoms with Gasteiger partial charge in [-0.1, -0.05) is 23.7 Å². The van der Waals surface area contributed by atoms with E-state index in [1.54, 1.807) is 36.1 Å². The number of nitrogens with zero attached hydrogens (tertiary/aromatic N) is 2. The molecule has 0 aliphatic carbocycles. The van der Waals surface area contributed by atoms with Gasteiger partial charge in [0.15, 0.2) is 6.61 Å². The molecule has 1 fully saturated rings. The van der Waals surface area contributed by atoms with Crippen LogP contribution in [0.2, 0.25) is 5.02 Å². The summed E-state index contributed by atoms with van der Waals surface area (Å²) in [5, 5.41) is 0.689. The number of ether oxygens (including phenoxy) is 1. The van der Waals surface area contributed by atoms with Crippen LogP contribution in [-0.2, 0) is 14.8 Å². The van der Waals surface area contributed by atoms with Gasteiger partial charge in [0.05, 0.1) is 4.90 Å². The molecule has 1 aliphatic rings. The van der Waals surface area contributed by atoms with E-state index in [-0.39, 0.29) is 17.4 Å². The number of anilines is 2. The number of rotatable bonds is 7. The zero-order valence-electron chi connectivity index (χ0n) is 20.6. The normalized spacial score (nSPS) is 14.0. The van der Waals surface area contributed by atoms with Crippen molar-refractivity contribution in [1.82, 2.24) is 4.90 Å². The van der Waals surface area contributed by atoms with Gasteiger partial charge in [0.1, 0.15) is 5.75 Å². The minimum absolute atomic E-state index is 0.103. The molecule has 0 unspecified atom stereocenters. The van der Waals surface area contributed by atoms with Crippen molar-refractivity contribution in [3.63, 3.8) is 0 Å². The van der Waals surface area contributed by atoms with E-state index in [0.29, 0.717) is 48.2 Å². The molecule has 0 radical (unpaired) electrons. The molecule has 0 atom stereocenters. The molecule has 0 bridgehead atoms. The molecule has 4 rings (SSSR count). The Morgan fingerprint density at radius 2 is 1.67 bits per heavy atom. The maximum Gasteiger partial charge on any atom is 0.261 e. The Hall–Kier alpha value is -3.23. The molecule has 1 saturated heterocycles. The van der Waals surface area contributed by atoms with Crippen LogP contribution in [0.15, 0.2) is 65.6 Å².